The summed E-state index contributed by atoms with van der Waals surface area (Å²) in [5.41, 5.74) is 6.49. The maximum absolute atomic E-state index is 5.12. The summed E-state index contributed by atoms with van der Waals surface area (Å²) >= 11 is 0. The molecule has 2 aromatic rings. The number of rotatable bonds is 10. The molecule has 0 bridgehead atoms. The smallest absolute Gasteiger partial charge is 0.197 e. The third kappa shape index (κ3) is 6.62. The molecule has 1 aliphatic rings. The van der Waals surface area contributed by atoms with Crippen LogP contribution in [-0.4, -0.2) is 12.4 Å². The van der Waals surface area contributed by atoms with Crippen molar-refractivity contribution < 1.29 is 0 Å². The average Bonchev–Trinajstić information content (AvgIpc) is 2.80. The first-order valence-corrected chi connectivity index (χ1v) is 12.0. The summed E-state index contributed by atoms with van der Waals surface area (Å²) in [5, 5.41) is 3.88. The van der Waals surface area contributed by atoms with Gasteiger partial charge in [-0.2, -0.15) is 0 Å². The Kier molecular flexibility index (Phi) is 9.27. The number of allylic oxidation sites excluding steroid dienone is 1. The first-order valence-electron chi connectivity index (χ1n) is 12.0. The van der Waals surface area contributed by atoms with E-state index in [-0.39, 0.29) is 0 Å². The van der Waals surface area contributed by atoms with E-state index >= 15 is 0 Å². The molecule has 0 radical (unpaired) electrons. The molecule has 0 spiro atoms. The summed E-state index contributed by atoms with van der Waals surface area (Å²) in [6, 6.07) is 21.2. The third-order valence-corrected chi connectivity index (χ3v) is 6.06. The van der Waals surface area contributed by atoms with Crippen LogP contribution >= 0.6 is 0 Å². The van der Waals surface area contributed by atoms with Gasteiger partial charge in [-0.15, -0.1) is 0 Å². The molecule has 30 heavy (non-hydrogen) atoms. The lowest BCUT2D eigenvalue weighted by molar-refractivity contribution is 0.730. The fraction of sp³-hybridized carbons (Fsp3) is 0.444. The summed E-state index contributed by atoms with van der Waals surface area (Å²) in [4.78, 5) is 5.12. The van der Waals surface area contributed by atoms with Gasteiger partial charge in [0, 0.05) is 11.4 Å². The third-order valence-electron chi connectivity index (χ3n) is 6.06. The first-order chi connectivity index (χ1) is 14.8. The van der Waals surface area contributed by atoms with Crippen molar-refractivity contribution in [3.05, 3.63) is 71.8 Å². The normalized spacial score (nSPS) is 17.1. The number of unbranched alkanes of at least 4 members (excludes halogenated alkanes) is 2. The SMILES string of the molecule is CCCCB(CCCC)/C(Nc1ccccc1)=C1/CCCCC1=Nc1ccccc1. The van der Waals surface area contributed by atoms with Crippen molar-refractivity contribution in [2.75, 3.05) is 5.32 Å². The lowest BCUT2D eigenvalue weighted by Crippen LogP contribution is -2.27. The van der Waals surface area contributed by atoms with E-state index < -0.39 is 0 Å². The topological polar surface area (TPSA) is 24.4 Å². The molecule has 3 rings (SSSR count). The summed E-state index contributed by atoms with van der Waals surface area (Å²) in [5.74, 6) is 0. The molecule has 0 aliphatic heterocycles. The number of nitrogens with one attached hydrogen (secondary N) is 1. The molecule has 158 valence electrons. The molecule has 0 unspecified atom stereocenters. The lowest BCUT2D eigenvalue weighted by atomic mass is 9.40. The second-order valence-corrected chi connectivity index (χ2v) is 8.47. The lowest BCUT2D eigenvalue weighted by Gasteiger charge is -2.27. The number of benzene rings is 2. The Bertz CT molecular complexity index is 803. The minimum Gasteiger partial charge on any atom is -0.367 e. The van der Waals surface area contributed by atoms with Crippen LogP contribution in [0.5, 0.6) is 0 Å². The Morgan fingerprint density at radius 1 is 0.833 bits per heavy atom. The molecule has 0 amide bonds. The minimum atomic E-state index is 0.583. The fourth-order valence-electron chi connectivity index (χ4n) is 4.40. The van der Waals surface area contributed by atoms with Crippen LogP contribution in [0.4, 0.5) is 11.4 Å². The van der Waals surface area contributed by atoms with Gasteiger partial charge in [0.2, 0.25) is 0 Å². The molecule has 0 aromatic heterocycles. The standard InChI is InChI=1S/C27H37BN2/c1-3-5-21-28(22-6-4-2)27(30-24-17-11-8-12-18-24)25-19-13-14-20-26(25)29-23-15-9-7-10-16-23/h7-12,15-18,30H,3-6,13-14,19-22H2,1-2H3/b27-25+,29-26?. The summed E-state index contributed by atoms with van der Waals surface area (Å²) < 4.78 is 0. The molecule has 0 atom stereocenters. The van der Waals surface area contributed by atoms with Crippen LogP contribution in [0.2, 0.25) is 12.6 Å². The molecule has 1 saturated carbocycles. The van der Waals surface area contributed by atoms with E-state index in [2.05, 4.69) is 79.8 Å². The van der Waals surface area contributed by atoms with Crippen LogP contribution in [0.25, 0.3) is 0 Å². The van der Waals surface area contributed by atoms with Crippen LogP contribution in [0.3, 0.4) is 0 Å². The van der Waals surface area contributed by atoms with Gasteiger partial charge in [-0.25, -0.2) is 0 Å². The molecular formula is C27H37BN2. The van der Waals surface area contributed by atoms with Crippen LogP contribution in [0.15, 0.2) is 76.8 Å². The number of hydrogen-bond acceptors (Lipinski definition) is 2. The Balaban J connectivity index is 2.03. The van der Waals surface area contributed by atoms with Crippen LogP contribution in [0, 0.1) is 0 Å². The van der Waals surface area contributed by atoms with E-state index in [4.69, 9.17) is 4.99 Å². The fourth-order valence-corrected chi connectivity index (χ4v) is 4.40. The van der Waals surface area contributed by atoms with Crippen molar-refractivity contribution in [3.8, 4) is 0 Å². The maximum atomic E-state index is 5.12. The summed E-state index contributed by atoms with van der Waals surface area (Å²) in [6.07, 6.45) is 12.3. The number of aliphatic imine (C=N–C) groups is 1. The predicted molar refractivity (Wildman–Crippen MR) is 134 cm³/mol. The van der Waals surface area contributed by atoms with Gasteiger partial charge in [0.25, 0.3) is 0 Å². The Labute approximate surface area is 184 Å². The molecule has 0 heterocycles. The number of hydrogen-bond donors (Lipinski definition) is 1. The Hall–Kier alpha value is -2.29. The van der Waals surface area contributed by atoms with Crippen LogP contribution in [0.1, 0.15) is 65.2 Å². The van der Waals surface area contributed by atoms with Gasteiger partial charge >= 0.3 is 0 Å². The van der Waals surface area contributed by atoms with Crippen molar-refractivity contribution >= 4 is 23.8 Å². The van der Waals surface area contributed by atoms with Gasteiger partial charge in [-0.3, -0.25) is 4.99 Å². The van der Waals surface area contributed by atoms with E-state index in [9.17, 15) is 0 Å². The van der Waals surface area contributed by atoms with Gasteiger partial charge < -0.3 is 5.32 Å². The summed E-state index contributed by atoms with van der Waals surface area (Å²) in [6.45, 7) is 5.19. The molecule has 1 N–H and O–H groups in total. The van der Waals surface area contributed by atoms with Gasteiger partial charge in [0.05, 0.1) is 5.69 Å². The number of nitrogens with zero attached hydrogens (tertiary/aromatic N) is 1. The largest absolute Gasteiger partial charge is 0.367 e. The average molecular weight is 400 g/mol. The van der Waals surface area contributed by atoms with E-state index in [1.807, 2.05) is 0 Å². The van der Waals surface area contributed by atoms with E-state index in [0.29, 0.717) is 6.71 Å². The van der Waals surface area contributed by atoms with Crippen molar-refractivity contribution in [3.63, 3.8) is 0 Å². The highest BCUT2D eigenvalue weighted by atomic mass is 14.9. The van der Waals surface area contributed by atoms with Gasteiger partial charge in [-0.05, 0) is 61.1 Å². The zero-order valence-electron chi connectivity index (χ0n) is 18.9. The second-order valence-electron chi connectivity index (χ2n) is 8.47. The molecular weight excluding hydrogens is 363 g/mol. The first kappa shape index (κ1) is 22.4. The molecule has 2 aromatic carbocycles. The number of anilines is 1. The molecule has 2 nitrogen and oxygen atoms in total. The van der Waals surface area contributed by atoms with E-state index in [0.717, 1.165) is 18.5 Å². The summed E-state index contributed by atoms with van der Waals surface area (Å²) in [7, 11) is 0. The van der Waals surface area contributed by atoms with Gasteiger partial charge in [0.1, 0.15) is 0 Å². The zero-order chi connectivity index (χ0) is 21.0. The highest BCUT2D eigenvalue weighted by Crippen LogP contribution is 2.31. The van der Waals surface area contributed by atoms with Crippen molar-refractivity contribution in [2.24, 2.45) is 4.99 Å². The predicted octanol–water partition coefficient (Wildman–Crippen LogP) is 8.33. The van der Waals surface area contributed by atoms with Crippen molar-refractivity contribution in [2.45, 2.75) is 77.9 Å². The Morgan fingerprint density at radius 2 is 1.43 bits per heavy atom. The highest BCUT2D eigenvalue weighted by molar-refractivity contribution is 6.68. The molecule has 3 heteroatoms. The molecule has 0 saturated heterocycles. The quantitative estimate of drug-likeness (QED) is 0.398. The van der Waals surface area contributed by atoms with Crippen LogP contribution in [-0.2, 0) is 0 Å². The highest BCUT2D eigenvalue weighted by Gasteiger charge is 2.26. The van der Waals surface area contributed by atoms with E-state index in [1.165, 1.54) is 73.7 Å². The van der Waals surface area contributed by atoms with Crippen molar-refractivity contribution in [1.29, 1.82) is 0 Å². The van der Waals surface area contributed by atoms with Crippen LogP contribution < -0.4 is 5.32 Å². The van der Waals surface area contributed by atoms with E-state index in [1.54, 1.807) is 0 Å². The molecule has 1 aliphatic carbocycles. The molecule has 1 fully saturated rings. The zero-order valence-corrected chi connectivity index (χ0v) is 18.9. The van der Waals surface area contributed by atoms with Gasteiger partial charge in [-0.1, -0.05) is 88.6 Å². The van der Waals surface area contributed by atoms with Gasteiger partial charge in [0.15, 0.2) is 6.71 Å². The maximum Gasteiger partial charge on any atom is 0.197 e. The second kappa shape index (κ2) is 12.4. The van der Waals surface area contributed by atoms with Crippen molar-refractivity contribution in [1.82, 2.24) is 0 Å². The Morgan fingerprint density at radius 3 is 2.07 bits per heavy atom. The monoisotopic (exact) mass is 400 g/mol. The number of para-hydroxylation sites is 2. The minimum absolute atomic E-state index is 0.583.